The number of halogens is 4. The van der Waals surface area contributed by atoms with Crippen LogP contribution in [0.3, 0.4) is 0 Å². The predicted octanol–water partition coefficient (Wildman–Crippen LogP) is 1.04. The van der Waals surface area contributed by atoms with Gasteiger partial charge in [-0.05, 0) is 6.08 Å². The standard InChI is InChI=1S/C6H9ClF3NO2S/c7-5(6(8,9)10)1-3-14(12,13)4-2-11/h1H,2-4,11H2/b5-1-. The Hall–Kier alpha value is -0.270. The molecule has 0 aliphatic heterocycles. The second-order valence-corrected chi connectivity index (χ2v) is 5.09. The Morgan fingerprint density at radius 2 is 1.93 bits per heavy atom. The molecule has 0 rings (SSSR count). The van der Waals surface area contributed by atoms with Gasteiger partial charge >= 0.3 is 6.18 Å². The summed E-state index contributed by atoms with van der Waals surface area (Å²) in [5.74, 6) is -1.10. The highest BCUT2D eigenvalue weighted by molar-refractivity contribution is 7.91. The van der Waals surface area contributed by atoms with Crippen LogP contribution in [0, 0.1) is 0 Å². The molecule has 0 heterocycles. The Bertz CT molecular complexity index is 310. The monoisotopic (exact) mass is 251 g/mol. The van der Waals surface area contributed by atoms with Gasteiger partial charge in [-0.2, -0.15) is 13.2 Å². The summed E-state index contributed by atoms with van der Waals surface area (Å²) in [6.07, 6.45) is -4.27. The molecule has 0 fully saturated rings. The average molecular weight is 252 g/mol. The highest BCUT2D eigenvalue weighted by Gasteiger charge is 2.32. The third kappa shape index (κ3) is 5.46. The summed E-state index contributed by atoms with van der Waals surface area (Å²) in [5, 5.41) is -1.43. The highest BCUT2D eigenvalue weighted by Crippen LogP contribution is 2.28. The second-order valence-electron chi connectivity index (χ2n) is 2.45. The number of hydrogen-bond acceptors (Lipinski definition) is 3. The minimum Gasteiger partial charge on any atom is -0.329 e. The smallest absolute Gasteiger partial charge is 0.329 e. The van der Waals surface area contributed by atoms with E-state index in [9.17, 15) is 21.6 Å². The van der Waals surface area contributed by atoms with Crippen molar-refractivity contribution < 1.29 is 21.6 Å². The Morgan fingerprint density at radius 3 is 2.29 bits per heavy atom. The van der Waals surface area contributed by atoms with E-state index in [-0.39, 0.29) is 12.3 Å². The van der Waals surface area contributed by atoms with Crippen molar-refractivity contribution in [1.82, 2.24) is 0 Å². The Morgan fingerprint density at radius 1 is 1.43 bits per heavy atom. The first-order valence-corrected chi connectivity index (χ1v) is 5.72. The fourth-order valence-electron chi connectivity index (χ4n) is 0.579. The van der Waals surface area contributed by atoms with E-state index in [1.165, 1.54) is 0 Å². The van der Waals surface area contributed by atoms with Gasteiger partial charge in [0.15, 0.2) is 9.84 Å². The fraction of sp³-hybridized carbons (Fsp3) is 0.667. The van der Waals surface area contributed by atoms with Gasteiger partial charge in [0.25, 0.3) is 0 Å². The lowest BCUT2D eigenvalue weighted by Gasteiger charge is -2.04. The van der Waals surface area contributed by atoms with Crippen molar-refractivity contribution in [3.05, 3.63) is 11.1 Å². The molecule has 0 aromatic carbocycles. The van der Waals surface area contributed by atoms with Crippen molar-refractivity contribution in [3.8, 4) is 0 Å². The average Bonchev–Trinajstić information content (AvgIpc) is 1.98. The molecule has 0 aromatic heterocycles. The number of hydrogen-bond donors (Lipinski definition) is 1. The third-order valence-corrected chi connectivity index (χ3v) is 3.12. The lowest BCUT2D eigenvalue weighted by atomic mass is 10.5. The zero-order chi connectivity index (χ0) is 11.4. The van der Waals surface area contributed by atoms with Crippen LogP contribution >= 0.6 is 11.6 Å². The number of sulfone groups is 1. The molecule has 0 atom stereocenters. The molecule has 0 aromatic rings. The lowest BCUT2D eigenvalue weighted by molar-refractivity contribution is -0.0846. The summed E-state index contributed by atoms with van der Waals surface area (Å²) < 4.78 is 57.2. The molecule has 0 radical (unpaired) electrons. The van der Waals surface area contributed by atoms with Crippen molar-refractivity contribution >= 4 is 21.4 Å². The van der Waals surface area contributed by atoms with Gasteiger partial charge in [0.05, 0.1) is 11.5 Å². The normalized spacial score (nSPS) is 14.5. The van der Waals surface area contributed by atoms with Crippen LogP contribution in [0.25, 0.3) is 0 Å². The zero-order valence-electron chi connectivity index (χ0n) is 7.01. The molecule has 0 saturated carbocycles. The molecule has 14 heavy (non-hydrogen) atoms. The number of nitrogens with two attached hydrogens (primary N) is 1. The summed E-state index contributed by atoms with van der Waals surface area (Å²) in [4.78, 5) is 0. The molecule has 0 spiro atoms. The minimum atomic E-state index is -4.69. The number of alkyl halides is 3. The molecule has 8 heteroatoms. The summed E-state index contributed by atoms with van der Waals surface area (Å²) in [7, 11) is -3.57. The molecular formula is C6H9ClF3NO2S. The summed E-state index contributed by atoms with van der Waals surface area (Å²) >= 11 is 4.80. The first kappa shape index (κ1) is 13.7. The molecule has 0 unspecified atom stereocenters. The number of allylic oxidation sites excluding steroid dienone is 1. The second kappa shape index (κ2) is 4.99. The fourth-order valence-corrected chi connectivity index (χ4v) is 1.69. The summed E-state index contributed by atoms with van der Waals surface area (Å²) in [6, 6.07) is 0. The van der Waals surface area contributed by atoms with E-state index in [0.717, 1.165) is 0 Å². The molecule has 0 aliphatic rings. The zero-order valence-corrected chi connectivity index (χ0v) is 8.59. The van der Waals surface area contributed by atoms with Crippen LogP contribution in [0.15, 0.2) is 11.1 Å². The van der Waals surface area contributed by atoms with E-state index >= 15 is 0 Å². The van der Waals surface area contributed by atoms with Crippen LogP contribution < -0.4 is 5.73 Å². The lowest BCUT2D eigenvalue weighted by Crippen LogP contribution is -2.18. The van der Waals surface area contributed by atoms with Crippen molar-refractivity contribution in [2.75, 3.05) is 18.1 Å². The van der Waals surface area contributed by atoms with E-state index in [1.54, 1.807) is 0 Å². The molecule has 3 nitrogen and oxygen atoms in total. The Kier molecular flexibility index (Phi) is 4.90. The predicted molar refractivity (Wildman–Crippen MR) is 47.7 cm³/mol. The van der Waals surface area contributed by atoms with Gasteiger partial charge in [0.2, 0.25) is 0 Å². The topological polar surface area (TPSA) is 60.2 Å². The van der Waals surface area contributed by atoms with Gasteiger partial charge in [-0.25, -0.2) is 8.42 Å². The summed E-state index contributed by atoms with van der Waals surface area (Å²) in [5.41, 5.74) is 4.95. The van der Waals surface area contributed by atoms with Gasteiger partial charge in [0, 0.05) is 6.54 Å². The first-order chi connectivity index (χ1) is 6.19. The van der Waals surface area contributed by atoms with Crippen molar-refractivity contribution in [1.29, 1.82) is 0 Å². The Labute approximate surface area is 84.6 Å². The highest BCUT2D eigenvalue weighted by atomic mass is 35.5. The molecule has 2 N–H and O–H groups in total. The van der Waals surface area contributed by atoms with Crippen LogP contribution in [0.2, 0.25) is 0 Å². The molecule has 0 saturated heterocycles. The quantitative estimate of drug-likeness (QED) is 0.812. The van der Waals surface area contributed by atoms with Crippen LogP contribution in [0.4, 0.5) is 13.2 Å². The molecule has 0 bridgehead atoms. The van der Waals surface area contributed by atoms with Gasteiger partial charge in [-0.15, -0.1) is 0 Å². The van der Waals surface area contributed by atoms with Gasteiger partial charge in [-0.3, -0.25) is 0 Å². The molecular weight excluding hydrogens is 243 g/mol. The number of rotatable bonds is 4. The first-order valence-electron chi connectivity index (χ1n) is 3.52. The van der Waals surface area contributed by atoms with Crippen molar-refractivity contribution in [3.63, 3.8) is 0 Å². The van der Waals surface area contributed by atoms with Crippen LogP contribution in [-0.2, 0) is 9.84 Å². The Balaban J connectivity index is 4.44. The van der Waals surface area contributed by atoms with Gasteiger partial charge < -0.3 is 5.73 Å². The van der Waals surface area contributed by atoms with E-state index in [4.69, 9.17) is 17.3 Å². The molecule has 0 amide bonds. The van der Waals surface area contributed by atoms with Crippen molar-refractivity contribution in [2.24, 2.45) is 5.73 Å². The van der Waals surface area contributed by atoms with E-state index in [0.29, 0.717) is 6.08 Å². The van der Waals surface area contributed by atoms with E-state index < -0.39 is 26.8 Å². The minimum absolute atomic E-state index is 0.125. The van der Waals surface area contributed by atoms with Crippen LogP contribution in [0.1, 0.15) is 0 Å². The van der Waals surface area contributed by atoms with E-state index in [2.05, 4.69) is 0 Å². The van der Waals surface area contributed by atoms with Crippen molar-refractivity contribution in [2.45, 2.75) is 6.18 Å². The molecule has 84 valence electrons. The SMILES string of the molecule is NCCS(=O)(=O)C/C=C(\Cl)C(F)(F)F. The van der Waals surface area contributed by atoms with Gasteiger partial charge in [-0.1, -0.05) is 11.6 Å². The van der Waals surface area contributed by atoms with Crippen LogP contribution in [-0.4, -0.2) is 32.6 Å². The largest absolute Gasteiger partial charge is 0.426 e. The third-order valence-electron chi connectivity index (χ3n) is 1.22. The molecule has 0 aliphatic carbocycles. The van der Waals surface area contributed by atoms with E-state index in [1.807, 2.05) is 0 Å². The maximum atomic E-state index is 11.8. The maximum Gasteiger partial charge on any atom is 0.426 e. The maximum absolute atomic E-state index is 11.8. The van der Waals surface area contributed by atoms with Gasteiger partial charge in [0.1, 0.15) is 5.03 Å². The van der Waals surface area contributed by atoms with Crippen LogP contribution in [0.5, 0.6) is 0 Å². The summed E-state index contributed by atoms with van der Waals surface area (Å²) in [6.45, 7) is -0.125.